The summed E-state index contributed by atoms with van der Waals surface area (Å²) in [6.07, 6.45) is 1.67. The molecule has 3 aromatic carbocycles. The average Bonchev–Trinajstić information content (AvgIpc) is 3.62. The maximum atomic E-state index is 13.5. The van der Waals surface area contributed by atoms with Crippen LogP contribution in [0.5, 0.6) is 28.7 Å². The van der Waals surface area contributed by atoms with Gasteiger partial charge in [0.2, 0.25) is 12.7 Å². The molecule has 4 aliphatic rings. The van der Waals surface area contributed by atoms with Gasteiger partial charge in [-0.2, -0.15) is 5.26 Å². The van der Waals surface area contributed by atoms with E-state index in [-0.39, 0.29) is 37.6 Å². The first-order valence-corrected chi connectivity index (χ1v) is 17.9. The van der Waals surface area contributed by atoms with Crippen LogP contribution in [0.1, 0.15) is 64.4 Å². The largest absolute Gasteiger partial charge is 0.493 e. The zero-order valence-electron chi connectivity index (χ0n) is 29.8. The minimum Gasteiger partial charge on any atom is -0.493 e. The van der Waals surface area contributed by atoms with Gasteiger partial charge in [-0.3, -0.25) is 24.2 Å². The van der Waals surface area contributed by atoms with Gasteiger partial charge in [0.1, 0.15) is 17.7 Å². The van der Waals surface area contributed by atoms with Crippen LogP contribution in [0.15, 0.2) is 36.4 Å². The second kappa shape index (κ2) is 14.3. The Kier molecular flexibility index (Phi) is 9.78. The summed E-state index contributed by atoms with van der Waals surface area (Å²) in [5, 5.41) is 14.1. The van der Waals surface area contributed by atoms with Gasteiger partial charge < -0.3 is 29.0 Å². The number of methoxy groups -OCH3 is 1. The van der Waals surface area contributed by atoms with Gasteiger partial charge in [0.05, 0.1) is 25.3 Å². The fourth-order valence-electron chi connectivity index (χ4n) is 8.73. The van der Waals surface area contributed by atoms with Crippen LogP contribution in [0.25, 0.3) is 0 Å². The number of nitriles is 1. The minimum absolute atomic E-state index is 0.0387. The van der Waals surface area contributed by atoms with Gasteiger partial charge in [0, 0.05) is 54.2 Å². The number of fused-ring (bicyclic) bond motifs is 9. The molecule has 0 radical (unpaired) electrons. The number of nitrogens with zero attached hydrogens (tertiary/aromatic N) is 3. The predicted octanol–water partition coefficient (Wildman–Crippen LogP) is 4.63. The molecule has 1 fully saturated rings. The highest BCUT2D eigenvalue weighted by Gasteiger charge is 2.57. The Labute approximate surface area is 307 Å². The molecule has 52 heavy (non-hydrogen) atoms. The summed E-state index contributed by atoms with van der Waals surface area (Å²) in [4.78, 5) is 43.2. The molecule has 4 heterocycles. The highest BCUT2D eigenvalue weighted by molar-refractivity contribution is 6.26. The normalized spacial score (nSPS) is 22.7. The molecule has 3 aromatic rings. The van der Waals surface area contributed by atoms with Gasteiger partial charge in [-0.15, -0.1) is 11.6 Å². The van der Waals surface area contributed by atoms with E-state index in [1.807, 2.05) is 44.3 Å². The lowest BCUT2D eigenvalue weighted by Crippen LogP contribution is -2.68. The van der Waals surface area contributed by atoms with E-state index in [0.717, 1.165) is 22.3 Å². The number of hydrogen-bond donors (Lipinski definition) is 1. The number of hydrogen-bond acceptors (Lipinski definition) is 11. The van der Waals surface area contributed by atoms with E-state index in [4.69, 9.17) is 35.3 Å². The van der Waals surface area contributed by atoms with E-state index in [0.29, 0.717) is 64.7 Å². The van der Waals surface area contributed by atoms with Crippen LogP contribution < -0.4 is 29.0 Å². The molecule has 12 nitrogen and oxygen atoms in total. The summed E-state index contributed by atoms with van der Waals surface area (Å²) in [7, 11) is 3.53. The SMILES string of the molecule is COc1c(C)cc2c(c1OC(C)=O)[C@H]1C3Cc4c(OC(=O)CCl)c(C)c5c(c4[C@H](CNC(=O)CCc4ccccc4)N3[C@@H](C#N)[C@H](C2)N1C)OCO5. The Balaban J connectivity index is 1.40. The van der Waals surface area contributed by atoms with Crippen LogP contribution in [0.2, 0.25) is 0 Å². The molecule has 272 valence electrons. The molecule has 1 unspecified atom stereocenters. The number of rotatable bonds is 9. The van der Waals surface area contributed by atoms with Gasteiger partial charge in [-0.1, -0.05) is 36.4 Å². The monoisotopic (exact) mass is 728 g/mol. The molecule has 7 rings (SSSR count). The number of carbonyl (C=O) groups is 3. The second-order valence-corrected chi connectivity index (χ2v) is 14.0. The summed E-state index contributed by atoms with van der Waals surface area (Å²) in [6, 6.07) is 12.2. The molecule has 0 saturated carbocycles. The quantitative estimate of drug-likeness (QED) is 0.187. The van der Waals surface area contributed by atoms with Crippen LogP contribution in [-0.2, 0) is 33.6 Å². The Bertz CT molecular complexity index is 1980. The van der Waals surface area contributed by atoms with Crippen LogP contribution in [0.4, 0.5) is 0 Å². The number of likely N-dealkylation sites (N-methyl/N-ethyl adjacent to an activating group) is 1. The van der Waals surface area contributed by atoms with Crippen molar-refractivity contribution in [2.24, 2.45) is 0 Å². The smallest absolute Gasteiger partial charge is 0.326 e. The third-order valence-corrected chi connectivity index (χ3v) is 11.0. The average molecular weight is 729 g/mol. The lowest BCUT2D eigenvalue weighted by molar-refractivity contribution is -0.132. The number of alkyl halides is 1. The topological polar surface area (TPSA) is 140 Å². The first-order valence-electron chi connectivity index (χ1n) is 17.4. The first kappa shape index (κ1) is 35.6. The third kappa shape index (κ3) is 6.00. The Morgan fingerprint density at radius 3 is 2.46 bits per heavy atom. The van der Waals surface area contributed by atoms with E-state index in [1.54, 1.807) is 14.0 Å². The summed E-state index contributed by atoms with van der Waals surface area (Å²) < 4.78 is 29.8. The fraction of sp³-hybridized carbons (Fsp3) is 0.436. The maximum absolute atomic E-state index is 13.5. The lowest BCUT2D eigenvalue weighted by atomic mass is 9.71. The molecule has 2 bridgehead atoms. The molecular formula is C39H41ClN4O8. The van der Waals surface area contributed by atoms with Crippen molar-refractivity contribution < 1.29 is 38.1 Å². The Morgan fingerprint density at radius 2 is 1.77 bits per heavy atom. The minimum atomic E-state index is -0.630. The van der Waals surface area contributed by atoms with Crippen molar-refractivity contribution >= 4 is 29.4 Å². The van der Waals surface area contributed by atoms with E-state index in [2.05, 4.69) is 27.3 Å². The summed E-state index contributed by atoms with van der Waals surface area (Å²) >= 11 is 5.95. The van der Waals surface area contributed by atoms with Gasteiger partial charge in [-0.05, 0) is 56.8 Å². The van der Waals surface area contributed by atoms with Crippen LogP contribution in [0.3, 0.4) is 0 Å². The van der Waals surface area contributed by atoms with Crippen molar-refractivity contribution in [2.75, 3.05) is 33.4 Å². The van der Waals surface area contributed by atoms with Gasteiger partial charge >= 0.3 is 11.9 Å². The summed E-state index contributed by atoms with van der Waals surface area (Å²) in [5.41, 5.74) is 5.62. The highest BCUT2D eigenvalue weighted by atomic mass is 35.5. The van der Waals surface area contributed by atoms with Crippen LogP contribution in [-0.4, -0.2) is 79.1 Å². The second-order valence-electron chi connectivity index (χ2n) is 13.7. The number of carbonyl (C=O) groups excluding carboxylic acids is 3. The zero-order chi connectivity index (χ0) is 36.8. The fourth-order valence-corrected chi connectivity index (χ4v) is 8.79. The molecule has 0 aliphatic carbocycles. The van der Waals surface area contributed by atoms with E-state index in [9.17, 15) is 19.6 Å². The van der Waals surface area contributed by atoms with Gasteiger partial charge in [0.15, 0.2) is 23.0 Å². The Morgan fingerprint density at radius 1 is 1.02 bits per heavy atom. The van der Waals surface area contributed by atoms with Crippen molar-refractivity contribution in [3.05, 3.63) is 75.3 Å². The van der Waals surface area contributed by atoms with Crippen molar-refractivity contribution in [2.45, 2.75) is 76.7 Å². The van der Waals surface area contributed by atoms with E-state index < -0.39 is 36.1 Å². The number of aryl methyl sites for hydroxylation is 2. The molecule has 5 atom stereocenters. The summed E-state index contributed by atoms with van der Waals surface area (Å²) in [5.74, 6) is 0.457. The molecular weight excluding hydrogens is 688 g/mol. The number of piperazine rings is 1. The standard InChI is InChI=1S/C39H41ClN4O8/c1-20-13-24-14-26-28(17-41)44-27(34(43(26)4)32(24)39(35(20)48-5)51-22(3)45)15-25-33(29(44)18-42-30(46)12-11-23-9-7-6-8-10-23)38-37(49-19-50-38)21(2)36(25)52-31(47)16-40/h6-10,13,26-29,34H,11-12,14-16,18-19H2,1-5H3,(H,42,46)/t26-,27?,28-,29-,34+/m0/s1. The maximum Gasteiger partial charge on any atom is 0.326 e. The number of benzene rings is 3. The van der Waals surface area contributed by atoms with Crippen molar-refractivity contribution in [3.8, 4) is 34.8 Å². The van der Waals surface area contributed by atoms with E-state index in [1.165, 1.54) is 6.92 Å². The number of nitrogens with one attached hydrogen (secondary N) is 1. The van der Waals surface area contributed by atoms with Crippen LogP contribution in [0, 0.1) is 25.2 Å². The van der Waals surface area contributed by atoms with Crippen molar-refractivity contribution in [1.29, 1.82) is 5.26 Å². The summed E-state index contributed by atoms with van der Waals surface area (Å²) in [6.45, 7) is 5.17. The first-order chi connectivity index (χ1) is 25.1. The number of ether oxygens (including phenoxy) is 5. The van der Waals surface area contributed by atoms with Crippen molar-refractivity contribution in [3.63, 3.8) is 0 Å². The molecule has 13 heteroatoms. The molecule has 0 aromatic heterocycles. The molecule has 0 spiro atoms. The molecule has 4 aliphatic heterocycles. The number of esters is 2. The zero-order valence-corrected chi connectivity index (χ0v) is 30.5. The Hall–Kier alpha value is -4.83. The van der Waals surface area contributed by atoms with Crippen molar-refractivity contribution in [1.82, 2.24) is 15.1 Å². The third-order valence-electron chi connectivity index (χ3n) is 10.8. The molecule has 1 amide bonds. The molecule has 1 N–H and O–H groups in total. The highest BCUT2D eigenvalue weighted by Crippen LogP contribution is 2.58. The van der Waals surface area contributed by atoms with Crippen LogP contribution >= 0.6 is 11.6 Å². The number of amides is 1. The van der Waals surface area contributed by atoms with Gasteiger partial charge in [0.25, 0.3) is 0 Å². The van der Waals surface area contributed by atoms with E-state index >= 15 is 0 Å². The predicted molar refractivity (Wildman–Crippen MR) is 190 cm³/mol. The van der Waals surface area contributed by atoms with Gasteiger partial charge in [-0.25, -0.2) is 0 Å². The lowest BCUT2D eigenvalue weighted by Gasteiger charge is -2.60. The number of halogens is 1. The molecule has 1 saturated heterocycles.